The standard InChI is InChI=1S/C25H34N6O4S/c1-17-16-35-14-13-31(17)22-15-21(25(9-11-27-12-10-25)36(33,34)20-7-8-20)29-23(30-22)18-3-5-19(6-4-18)28-24(32)26-2/h3-6,15,17,20,27H,7-14,16H2,1-2H3,(H2,26,28,32)/t17-/m0/s1. The molecule has 1 aromatic carbocycles. The van der Waals surface area contributed by atoms with Gasteiger partial charge in [0.15, 0.2) is 15.7 Å². The van der Waals surface area contributed by atoms with Gasteiger partial charge < -0.3 is 25.6 Å². The third-order valence-corrected chi connectivity index (χ3v) is 10.4. The number of benzene rings is 1. The predicted molar refractivity (Wildman–Crippen MR) is 139 cm³/mol. The van der Waals surface area contributed by atoms with E-state index in [1.165, 1.54) is 0 Å². The average Bonchev–Trinajstić information content (AvgIpc) is 3.76. The molecule has 1 aromatic heterocycles. The number of amides is 2. The van der Waals surface area contributed by atoms with Crippen molar-refractivity contribution in [2.24, 2.45) is 0 Å². The summed E-state index contributed by atoms with van der Waals surface area (Å²) >= 11 is 0. The summed E-state index contributed by atoms with van der Waals surface area (Å²) in [7, 11) is -1.86. The topological polar surface area (TPSA) is 126 Å². The van der Waals surface area contributed by atoms with E-state index in [0.717, 1.165) is 24.2 Å². The molecule has 1 saturated carbocycles. The summed E-state index contributed by atoms with van der Waals surface area (Å²) in [4.78, 5) is 23.7. The Morgan fingerprint density at radius 3 is 2.53 bits per heavy atom. The van der Waals surface area contributed by atoms with Crippen molar-refractivity contribution in [2.75, 3.05) is 50.1 Å². The molecule has 11 heteroatoms. The van der Waals surface area contributed by atoms with E-state index in [9.17, 15) is 13.2 Å². The minimum Gasteiger partial charge on any atom is -0.377 e. The second kappa shape index (κ2) is 9.95. The molecular formula is C25H34N6O4S. The molecule has 3 aliphatic rings. The van der Waals surface area contributed by atoms with Gasteiger partial charge >= 0.3 is 6.03 Å². The second-order valence-corrected chi connectivity index (χ2v) is 12.4. The summed E-state index contributed by atoms with van der Waals surface area (Å²) in [6, 6.07) is 8.98. The zero-order valence-corrected chi connectivity index (χ0v) is 21.6. The lowest BCUT2D eigenvalue weighted by molar-refractivity contribution is 0.0985. The van der Waals surface area contributed by atoms with Gasteiger partial charge in [0.2, 0.25) is 0 Å². The maximum absolute atomic E-state index is 13.9. The molecule has 2 aromatic rings. The highest BCUT2D eigenvalue weighted by Gasteiger charge is 2.54. The zero-order chi connectivity index (χ0) is 25.3. The van der Waals surface area contributed by atoms with Gasteiger partial charge in [-0.05, 0) is 70.0 Å². The fourth-order valence-corrected chi connectivity index (χ4v) is 7.69. The fourth-order valence-electron chi connectivity index (χ4n) is 5.12. The summed E-state index contributed by atoms with van der Waals surface area (Å²) in [6.07, 6.45) is 2.44. The van der Waals surface area contributed by atoms with Crippen LogP contribution in [0.15, 0.2) is 30.3 Å². The Bertz CT molecular complexity index is 1210. The number of anilines is 2. The Morgan fingerprint density at radius 1 is 1.17 bits per heavy atom. The first-order valence-corrected chi connectivity index (χ1v) is 14.2. The highest BCUT2D eigenvalue weighted by molar-refractivity contribution is 7.93. The Balaban J connectivity index is 1.61. The van der Waals surface area contributed by atoms with E-state index in [-0.39, 0.29) is 17.3 Å². The number of carbonyl (C=O) groups excluding carboxylic acids is 1. The van der Waals surface area contributed by atoms with Crippen LogP contribution in [0, 0.1) is 0 Å². The van der Waals surface area contributed by atoms with E-state index in [1.807, 2.05) is 18.2 Å². The van der Waals surface area contributed by atoms with Crippen LogP contribution in [-0.2, 0) is 19.3 Å². The molecular weight excluding hydrogens is 480 g/mol. The first-order valence-electron chi connectivity index (χ1n) is 12.6. The number of hydrogen-bond donors (Lipinski definition) is 3. The zero-order valence-electron chi connectivity index (χ0n) is 20.8. The van der Waals surface area contributed by atoms with Crippen LogP contribution >= 0.6 is 0 Å². The lowest BCUT2D eigenvalue weighted by Crippen LogP contribution is -2.48. The summed E-state index contributed by atoms with van der Waals surface area (Å²) in [5.41, 5.74) is 1.99. The van der Waals surface area contributed by atoms with Crippen LogP contribution in [0.25, 0.3) is 11.4 Å². The van der Waals surface area contributed by atoms with Gasteiger partial charge in [-0.1, -0.05) is 0 Å². The van der Waals surface area contributed by atoms with Crippen molar-refractivity contribution in [2.45, 2.75) is 48.6 Å². The van der Waals surface area contributed by atoms with Crippen LogP contribution in [-0.4, -0.2) is 75.6 Å². The third-order valence-electron chi connectivity index (χ3n) is 7.39. The minimum atomic E-state index is -3.41. The lowest BCUT2D eigenvalue weighted by Gasteiger charge is -2.38. The first kappa shape index (κ1) is 24.9. The van der Waals surface area contributed by atoms with Crippen molar-refractivity contribution in [1.29, 1.82) is 0 Å². The van der Waals surface area contributed by atoms with Gasteiger partial charge in [-0.3, -0.25) is 0 Å². The molecule has 194 valence electrons. The molecule has 1 atom stereocenters. The molecule has 3 fully saturated rings. The number of hydrogen-bond acceptors (Lipinski definition) is 8. The lowest BCUT2D eigenvalue weighted by atomic mass is 9.92. The molecule has 0 radical (unpaired) electrons. The number of sulfone groups is 1. The number of rotatable bonds is 6. The number of urea groups is 1. The SMILES string of the molecule is CNC(=O)Nc1ccc(-c2nc(N3CCOC[C@@H]3C)cc(C3(S(=O)(=O)C4CC4)CCNCC3)n2)cc1. The second-order valence-electron chi connectivity index (χ2n) is 9.82. The largest absolute Gasteiger partial charge is 0.377 e. The van der Waals surface area contributed by atoms with E-state index in [1.54, 1.807) is 19.2 Å². The van der Waals surface area contributed by atoms with Crippen molar-refractivity contribution in [3.05, 3.63) is 36.0 Å². The smallest absolute Gasteiger partial charge is 0.318 e. The number of ether oxygens (including phenoxy) is 1. The van der Waals surface area contributed by atoms with E-state index < -0.39 is 14.6 Å². The monoisotopic (exact) mass is 514 g/mol. The predicted octanol–water partition coefficient (Wildman–Crippen LogP) is 2.28. The Kier molecular flexibility index (Phi) is 6.88. The Morgan fingerprint density at radius 2 is 1.89 bits per heavy atom. The molecule has 0 spiro atoms. The maximum atomic E-state index is 13.9. The van der Waals surface area contributed by atoms with Crippen LogP contribution in [0.3, 0.4) is 0 Å². The van der Waals surface area contributed by atoms with Gasteiger partial charge in [0, 0.05) is 30.9 Å². The van der Waals surface area contributed by atoms with Gasteiger partial charge in [0.1, 0.15) is 10.6 Å². The highest BCUT2D eigenvalue weighted by atomic mass is 32.2. The minimum absolute atomic E-state index is 0.109. The van der Waals surface area contributed by atoms with Crippen molar-refractivity contribution in [3.8, 4) is 11.4 Å². The van der Waals surface area contributed by atoms with Crippen molar-refractivity contribution < 1.29 is 17.9 Å². The number of aromatic nitrogens is 2. The van der Waals surface area contributed by atoms with Gasteiger partial charge in [0.25, 0.3) is 0 Å². The van der Waals surface area contributed by atoms with Crippen LogP contribution in [0.5, 0.6) is 0 Å². The Hall–Kier alpha value is -2.76. The van der Waals surface area contributed by atoms with Gasteiger partial charge in [-0.15, -0.1) is 0 Å². The summed E-state index contributed by atoms with van der Waals surface area (Å²) in [6.45, 7) is 5.21. The summed E-state index contributed by atoms with van der Waals surface area (Å²) in [5.74, 6) is 1.21. The van der Waals surface area contributed by atoms with Gasteiger partial charge in [0.05, 0.1) is 30.2 Å². The van der Waals surface area contributed by atoms with Crippen molar-refractivity contribution >= 4 is 27.4 Å². The molecule has 10 nitrogen and oxygen atoms in total. The van der Waals surface area contributed by atoms with Gasteiger partial charge in [-0.25, -0.2) is 23.2 Å². The van der Waals surface area contributed by atoms with Crippen molar-refractivity contribution in [1.82, 2.24) is 20.6 Å². The average molecular weight is 515 g/mol. The molecule has 36 heavy (non-hydrogen) atoms. The van der Waals surface area contributed by atoms with E-state index in [4.69, 9.17) is 14.7 Å². The molecule has 2 aliphatic heterocycles. The molecule has 2 amide bonds. The molecule has 2 saturated heterocycles. The van der Waals surface area contributed by atoms with Crippen LogP contribution in [0.1, 0.15) is 38.3 Å². The summed E-state index contributed by atoms with van der Waals surface area (Å²) < 4.78 is 32.4. The molecule has 0 bridgehead atoms. The van der Waals surface area contributed by atoms with Crippen LogP contribution in [0.4, 0.5) is 16.3 Å². The maximum Gasteiger partial charge on any atom is 0.318 e. The van der Waals surface area contributed by atoms with Crippen LogP contribution in [0.2, 0.25) is 0 Å². The molecule has 1 aliphatic carbocycles. The first-order chi connectivity index (χ1) is 17.3. The number of piperidine rings is 1. The van der Waals surface area contributed by atoms with Crippen LogP contribution < -0.4 is 20.9 Å². The normalized spacial score (nSPS) is 22.2. The van der Waals surface area contributed by atoms with Crippen molar-refractivity contribution in [3.63, 3.8) is 0 Å². The molecule has 3 heterocycles. The Labute approximate surface area is 212 Å². The van der Waals surface area contributed by atoms with E-state index >= 15 is 0 Å². The number of nitrogens with one attached hydrogen (secondary N) is 3. The summed E-state index contributed by atoms with van der Waals surface area (Å²) in [5, 5.41) is 8.32. The highest BCUT2D eigenvalue weighted by Crippen LogP contribution is 2.47. The number of nitrogens with zero attached hydrogens (tertiary/aromatic N) is 3. The fraction of sp³-hybridized carbons (Fsp3) is 0.560. The molecule has 0 unspecified atom stereocenters. The number of carbonyl (C=O) groups is 1. The van der Waals surface area contributed by atoms with Gasteiger partial charge in [-0.2, -0.15) is 0 Å². The molecule has 5 rings (SSSR count). The van der Waals surface area contributed by atoms with E-state index in [0.29, 0.717) is 62.9 Å². The quantitative estimate of drug-likeness (QED) is 0.536. The molecule has 3 N–H and O–H groups in total. The number of morpholine rings is 1. The van der Waals surface area contributed by atoms with E-state index in [2.05, 4.69) is 27.8 Å². The third kappa shape index (κ3) is 4.67.